The van der Waals surface area contributed by atoms with Gasteiger partial charge in [-0.2, -0.15) is 0 Å². The topological polar surface area (TPSA) is 105 Å². The van der Waals surface area contributed by atoms with Crippen LogP contribution in [0.1, 0.15) is 40.6 Å². The first-order valence-corrected chi connectivity index (χ1v) is 8.99. The van der Waals surface area contributed by atoms with Crippen LogP contribution >= 0.6 is 0 Å². The second kappa shape index (κ2) is 13.4. The van der Waals surface area contributed by atoms with E-state index in [1.54, 1.807) is 0 Å². The van der Waals surface area contributed by atoms with Gasteiger partial charge in [-0.1, -0.05) is 51.1 Å². The molecule has 1 amide bonds. The van der Waals surface area contributed by atoms with Crippen molar-refractivity contribution in [3.05, 3.63) is 35.9 Å². The van der Waals surface area contributed by atoms with Crippen molar-refractivity contribution in [1.29, 1.82) is 0 Å². The van der Waals surface area contributed by atoms with Gasteiger partial charge in [-0.3, -0.25) is 9.59 Å². The van der Waals surface area contributed by atoms with E-state index >= 15 is 0 Å². The van der Waals surface area contributed by atoms with Crippen LogP contribution in [0.4, 0.5) is 0 Å². The summed E-state index contributed by atoms with van der Waals surface area (Å²) >= 11 is 0. The van der Waals surface area contributed by atoms with Gasteiger partial charge in [0.25, 0.3) is 0 Å². The number of hydrogen-bond donors (Lipinski definition) is 3. The first-order chi connectivity index (χ1) is 12.6. The first-order valence-electron chi connectivity index (χ1n) is 8.99. The summed E-state index contributed by atoms with van der Waals surface area (Å²) in [6, 6.07) is 7.42. The molecule has 0 radical (unpaired) electrons. The van der Waals surface area contributed by atoms with Crippen molar-refractivity contribution < 1.29 is 77.0 Å². The molecule has 0 fully saturated rings. The maximum Gasteiger partial charge on any atom is 1.00 e. The van der Waals surface area contributed by atoms with E-state index in [0.717, 1.165) is 12.0 Å². The fourth-order valence-electron chi connectivity index (χ4n) is 2.51. The fourth-order valence-corrected chi connectivity index (χ4v) is 2.51. The number of amides is 1. The van der Waals surface area contributed by atoms with Gasteiger partial charge in [0, 0.05) is 6.42 Å². The van der Waals surface area contributed by atoms with E-state index in [1.165, 1.54) is 7.11 Å². The molecule has 0 unspecified atom stereocenters. The number of benzene rings is 1. The molecule has 0 heterocycles. The van der Waals surface area contributed by atoms with Gasteiger partial charge in [0.1, 0.15) is 6.04 Å². The number of carbonyl (C=O) groups excluding carboxylic acids is 2. The van der Waals surface area contributed by atoms with Crippen LogP contribution in [0.5, 0.6) is 0 Å². The van der Waals surface area contributed by atoms with Gasteiger partial charge >= 0.3 is 63.3 Å². The predicted molar refractivity (Wildman–Crippen MR) is 103 cm³/mol. The van der Waals surface area contributed by atoms with E-state index in [1.807, 2.05) is 30.3 Å². The summed E-state index contributed by atoms with van der Waals surface area (Å²) in [4.78, 5) is 35.8. The van der Waals surface area contributed by atoms with Crippen molar-refractivity contribution in [1.82, 2.24) is 10.6 Å². The summed E-state index contributed by atoms with van der Waals surface area (Å²) in [5, 5.41) is 14.7. The molecule has 0 bridgehead atoms. The molecule has 1 aromatic carbocycles. The molecule has 8 heteroatoms. The third-order valence-corrected chi connectivity index (χ3v) is 4.05. The summed E-state index contributed by atoms with van der Waals surface area (Å²) in [5.74, 6) is -2.19. The molecule has 2 atom stereocenters. The van der Waals surface area contributed by atoms with Gasteiger partial charge in [-0.15, -0.1) is 0 Å². The Morgan fingerprint density at radius 1 is 1.14 bits per heavy atom. The van der Waals surface area contributed by atoms with Crippen molar-refractivity contribution in [2.45, 2.75) is 52.1 Å². The van der Waals surface area contributed by atoms with E-state index in [2.05, 4.69) is 31.4 Å². The molecule has 3 N–H and O–H groups in total. The number of carbonyl (C=O) groups is 3. The van der Waals surface area contributed by atoms with Crippen LogP contribution in [0.3, 0.4) is 0 Å². The maximum atomic E-state index is 12.6. The van der Waals surface area contributed by atoms with E-state index in [-0.39, 0.29) is 71.1 Å². The summed E-state index contributed by atoms with van der Waals surface area (Å²) in [5.41, 5.74) is 0.919. The minimum atomic E-state index is -1.09. The average Bonchev–Trinajstić information content (AvgIpc) is 2.59. The summed E-state index contributed by atoms with van der Waals surface area (Å²) < 4.78 is 4.78. The molecule has 0 aromatic heterocycles. The Morgan fingerprint density at radius 2 is 1.75 bits per heavy atom. The molecule has 7 nitrogen and oxygen atoms in total. The number of esters is 1. The van der Waals surface area contributed by atoms with Crippen molar-refractivity contribution in [3.8, 4) is 0 Å². The van der Waals surface area contributed by atoms with Crippen LogP contribution in [0.15, 0.2) is 30.3 Å². The van der Waals surface area contributed by atoms with E-state index < -0.39 is 29.9 Å². The summed E-state index contributed by atoms with van der Waals surface area (Å²) in [7, 11) is 1.25. The Kier molecular flexibility index (Phi) is 13.1. The Labute approximate surface area is 210 Å². The summed E-state index contributed by atoms with van der Waals surface area (Å²) in [6.45, 7) is 6.69. The van der Waals surface area contributed by atoms with Gasteiger partial charge in [0.05, 0.1) is 19.6 Å². The number of carboxylic acids is 1. The molecular weight excluding hydrogens is 387 g/mol. The van der Waals surface area contributed by atoms with Crippen LogP contribution < -0.4 is 62.0 Å². The second-order valence-corrected chi connectivity index (χ2v) is 7.69. The van der Waals surface area contributed by atoms with Crippen molar-refractivity contribution in [2.24, 2.45) is 5.41 Å². The Hall–Kier alpha value is -0.774. The van der Waals surface area contributed by atoms with Crippen LogP contribution in [0.25, 0.3) is 0 Å². The smallest absolute Gasteiger partial charge is 1.00 e. The Morgan fingerprint density at radius 3 is 2.25 bits per heavy atom. The minimum Gasteiger partial charge on any atom is -1.00 e. The molecular formula is C20H31KN2O5. The zero-order valence-corrected chi connectivity index (χ0v) is 20.6. The zero-order valence-electron chi connectivity index (χ0n) is 18.5. The standard InChI is InChI=1S/C20H30N2O5.K.H/c1-20(2,3)10-11-21-15(13-17(23)24)18(25)22-16(19(26)27-4)12-14-8-6-5-7-9-14;;/h5-9,15-16,21H,10-13H2,1-4H3,(H,22,25)(H,23,24);;/q;+1;-1/t15-,16-;;/m0../s1. The van der Waals surface area contributed by atoms with Crippen molar-refractivity contribution in [3.63, 3.8) is 0 Å². The van der Waals surface area contributed by atoms with Gasteiger partial charge in [0.2, 0.25) is 5.91 Å². The third-order valence-electron chi connectivity index (χ3n) is 4.05. The summed E-state index contributed by atoms with van der Waals surface area (Å²) in [6.07, 6.45) is 0.678. The largest absolute Gasteiger partial charge is 1.00 e. The van der Waals surface area contributed by atoms with E-state index in [9.17, 15) is 14.4 Å². The number of aliphatic carboxylic acids is 1. The average molecular weight is 419 g/mol. The molecule has 1 aromatic rings. The number of carboxylic acid groups (broad SMARTS) is 1. The maximum absolute atomic E-state index is 12.6. The van der Waals surface area contributed by atoms with Crippen LogP contribution in [-0.2, 0) is 25.5 Å². The monoisotopic (exact) mass is 418 g/mol. The minimum absolute atomic E-state index is 0. The van der Waals surface area contributed by atoms with Gasteiger partial charge < -0.3 is 21.9 Å². The number of rotatable bonds is 10. The number of nitrogens with one attached hydrogen (secondary N) is 2. The molecule has 0 saturated carbocycles. The second-order valence-electron chi connectivity index (χ2n) is 7.69. The quantitative estimate of drug-likeness (QED) is 0.328. The van der Waals surface area contributed by atoms with Crippen LogP contribution in [-0.4, -0.2) is 48.7 Å². The molecule has 0 aliphatic carbocycles. The first kappa shape index (κ1) is 27.2. The van der Waals surface area contributed by atoms with Crippen LogP contribution in [0, 0.1) is 5.41 Å². The number of methoxy groups -OCH3 is 1. The van der Waals surface area contributed by atoms with Crippen molar-refractivity contribution >= 4 is 17.8 Å². The SMILES string of the molecule is COC(=O)[C@H](Cc1ccccc1)NC(=O)[C@H](CC(=O)O)NCCC(C)(C)C.[H-].[K+]. The molecule has 1 rings (SSSR count). The van der Waals surface area contributed by atoms with E-state index in [4.69, 9.17) is 9.84 Å². The normalized spacial score (nSPS) is 13.0. The van der Waals surface area contributed by atoms with E-state index in [0.29, 0.717) is 6.54 Å². The van der Waals surface area contributed by atoms with Crippen LogP contribution in [0.2, 0.25) is 0 Å². The fraction of sp³-hybridized carbons (Fsp3) is 0.550. The van der Waals surface area contributed by atoms with Gasteiger partial charge in [-0.05, 0) is 23.9 Å². The predicted octanol–water partition coefficient (Wildman–Crippen LogP) is -1.13. The number of hydrogen-bond acceptors (Lipinski definition) is 5. The Balaban J connectivity index is 0. The molecule has 0 aliphatic heterocycles. The third kappa shape index (κ3) is 11.3. The molecule has 28 heavy (non-hydrogen) atoms. The van der Waals surface area contributed by atoms with Crippen molar-refractivity contribution in [2.75, 3.05) is 13.7 Å². The molecule has 0 saturated heterocycles. The number of ether oxygens (including phenoxy) is 1. The van der Waals surface area contributed by atoms with Gasteiger partial charge in [0.15, 0.2) is 0 Å². The molecule has 0 aliphatic rings. The Bertz CT molecular complexity index is 638. The molecule has 0 spiro atoms. The van der Waals surface area contributed by atoms with Gasteiger partial charge in [-0.25, -0.2) is 4.79 Å². The molecule has 152 valence electrons. The zero-order chi connectivity index (χ0) is 20.4.